The van der Waals surface area contributed by atoms with E-state index in [4.69, 9.17) is 10.5 Å². The van der Waals surface area contributed by atoms with Crippen LogP contribution in [0.15, 0.2) is 18.2 Å². The van der Waals surface area contributed by atoms with Crippen LogP contribution in [0, 0.1) is 11.3 Å². The Kier molecular flexibility index (Phi) is 5.14. The molecule has 1 aromatic rings. The maximum absolute atomic E-state index is 12.2. The second-order valence-electron chi connectivity index (χ2n) is 4.85. The number of nitrogens with one attached hydrogen (secondary N) is 1. The standard InChI is InChI=1S/C15H20N4O2/c1-2-18-15(20)14-10-21-6-5-19(14)13-4-3-11(8-16)7-12(13)9-17/h3-4,7,14H,2,5-6,8,10,16H2,1H3,(H,18,20). The summed E-state index contributed by atoms with van der Waals surface area (Å²) in [6.45, 7) is 4.29. The molecule has 1 heterocycles. The monoisotopic (exact) mass is 288 g/mol. The molecule has 2 rings (SSSR count). The Morgan fingerprint density at radius 1 is 1.62 bits per heavy atom. The first-order chi connectivity index (χ1) is 10.2. The molecule has 1 amide bonds. The Hall–Kier alpha value is -2.10. The number of nitrogens with two attached hydrogens (primary N) is 1. The van der Waals surface area contributed by atoms with Gasteiger partial charge in [0.1, 0.15) is 12.1 Å². The summed E-state index contributed by atoms with van der Waals surface area (Å²) in [5, 5.41) is 12.2. The number of rotatable bonds is 4. The molecule has 0 spiro atoms. The van der Waals surface area contributed by atoms with Gasteiger partial charge in [0.05, 0.1) is 24.5 Å². The van der Waals surface area contributed by atoms with Gasteiger partial charge in [0.15, 0.2) is 0 Å². The zero-order chi connectivity index (χ0) is 15.2. The maximum Gasteiger partial charge on any atom is 0.245 e. The molecule has 0 radical (unpaired) electrons. The van der Waals surface area contributed by atoms with E-state index >= 15 is 0 Å². The molecule has 6 heteroatoms. The van der Waals surface area contributed by atoms with Crippen molar-refractivity contribution in [3.63, 3.8) is 0 Å². The van der Waals surface area contributed by atoms with Gasteiger partial charge < -0.3 is 20.7 Å². The van der Waals surface area contributed by atoms with E-state index in [0.29, 0.717) is 38.4 Å². The number of hydrogen-bond acceptors (Lipinski definition) is 5. The lowest BCUT2D eigenvalue weighted by atomic mass is 10.1. The molecule has 1 atom stereocenters. The second kappa shape index (κ2) is 7.07. The van der Waals surface area contributed by atoms with E-state index in [1.165, 1.54) is 0 Å². The van der Waals surface area contributed by atoms with Crippen LogP contribution in [0.25, 0.3) is 0 Å². The Labute approximate surface area is 124 Å². The summed E-state index contributed by atoms with van der Waals surface area (Å²) in [5.41, 5.74) is 7.81. The van der Waals surface area contributed by atoms with Crippen LogP contribution in [-0.4, -0.2) is 38.3 Å². The fraction of sp³-hybridized carbons (Fsp3) is 0.467. The van der Waals surface area contributed by atoms with Gasteiger partial charge in [-0.25, -0.2) is 0 Å². The molecular weight excluding hydrogens is 268 g/mol. The van der Waals surface area contributed by atoms with Crippen molar-refractivity contribution in [3.05, 3.63) is 29.3 Å². The average molecular weight is 288 g/mol. The van der Waals surface area contributed by atoms with Crippen LogP contribution in [-0.2, 0) is 16.1 Å². The molecule has 1 unspecified atom stereocenters. The summed E-state index contributed by atoms with van der Waals surface area (Å²) in [6.07, 6.45) is 0. The van der Waals surface area contributed by atoms with E-state index in [2.05, 4.69) is 11.4 Å². The number of carbonyl (C=O) groups is 1. The third kappa shape index (κ3) is 3.32. The van der Waals surface area contributed by atoms with E-state index in [-0.39, 0.29) is 5.91 Å². The highest BCUT2D eigenvalue weighted by Gasteiger charge is 2.30. The van der Waals surface area contributed by atoms with Crippen LogP contribution in [0.5, 0.6) is 0 Å². The molecule has 21 heavy (non-hydrogen) atoms. The van der Waals surface area contributed by atoms with Crippen LogP contribution in [0.1, 0.15) is 18.1 Å². The number of benzene rings is 1. The van der Waals surface area contributed by atoms with Crippen LogP contribution in [0.4, 0.5) is 5.69 Å². The first kappa shape index (κ1) is 15.3. The summed E-state index contributed by atoms with van der Waals surface area (Å²) >= 11 is 0. The molecule has 1 aromatic carbocycles. The van der Waals surface area contributed by atoms with Crippen molar-refractivity contribution in [2.45, 2.75) is 19.5 Å². The van der Waals surface area contributed by atoms with Crippen molar-refractivity contribution < 1.29 is 9.53 Å². The lowest BCUT2D eigenvalue weighted by Gasteiger charge is -2.36. The molecule has 0 bridgehead atoms. The smallest absolute Gasteiger partial charge is 0.245 e. The zero-order valence-corrected chi connectivity index (χ0v) is 12.1. The molecule has 112 valence electrons. The van der Waals surface area contributed by atoms with E-state index in [1.807, 2.05) is 24.0 Å². The zero-order valence-electron chi connectivity index (χ0n) is 12.1. The van der Waals surface area contributed by atoms with Crippen molar-refractivity contribution in [2.24, 2.45) is 5.73 Å². The second-order valence-corrected chi connectivity index (χ2v) is 4.85. The van der Waals surface area contributed by atoms with Crippen LogP contribution in [0.3, 0.4) is 0 Å². The third-order valence-corrected chi connectivity index (χ3v) is 3.51. The molecule has 0 aliphatic carbocycles. The first-order valence-corrected chi connectivity index (χ1v) is 7.06. The van der Waals surface area contributed by atoms with E-state index in [9.17, 15) is 10.1 Å². The third-order valence-electron chi connectivity index (χ3n) is 3.51. The lowest BCUT2D eigenvalue weighted by molar-refractivity contribution is -0.124. The maximum atomic E-state index is 12.2. The molecule has 3 N–H and O–H groups in total. The number of ether oxygens (including phenoxy) is 1. The van der Waals surface area contributed by atoms with Crippen LogP contribution >= 0.6 is 0 Å². The van der Waals surface area contributed by atoms with E-state index < -0.39 is 6.04 Å². The molecule has 6 nitrogen and oxygen atoms in total. The minimum absolute atomic E-state index is 0.0796. The summed E-state index contributed by atoms with van der Waals surface area (Å²) in [6, 6.07) is 7.31. The molecule has 1 aliphatic rings. The van der Waals surface area contributed by atoms with Gasteiger partial charge in [-0.3, -0.25) is 4.79 Å². The number of amides is 1. The van der Waals surface area contributed by atoms with Crippen LogP contribution < -0.4 is 16.0 Å². The Balaban J connectivity index is 2.33. The summed E-state index contributed by atoms with van der Waals surface area (Å²) < 4.78 is 5.41. The minimum atomic E-state index is -0.408. The molecule has 0 aromatic heterocycles. The number of nitrogens with zero attached hydrogens (tertiary/aromatic N) is 2. The molecular formula is C15H20N4O2. The Morgan fingerprint density at radius 3 is 3.10 bits per heavy atom. The van der Waals surface area contributed by atoms with Crippen molar-refractivity contribution >= 4 is 11.6 Å². The number of morpholine rings is 1. The van der Waals surface area contributed by atoms with Gasteiger partial charge in [-0.05, 0) is 24.6 Å². The molecule has 1 saturated heterocycles. The highest BCUT2D eigenvalue weighted by molar-refractivity contribution is 5.86. The van der Waals surface area contributed by atoms with Gasteiger partial charge in [-0.15, -0.1) is 0 Å². The van der Waals surface area contributed by atoms with E-state index in [1.54, 1.807) is 6.07 Å². The van der Waals surface area contributed by atoms with Crippen molar-refractivity contribution in [3.8, 4) is 6.07 Å². The summed E-state index contributed by atoms with van der Waals surface area (Å²) in [4.78, 5) is 14.1. The molecule has 0 saturated carbocycles. The van der Waals surface area contributed by atoms with Crippen LogP contribution in [0.2, 0.25) is 0 Å². The van der Waals surface area contributed by atoms with Crippen molar-refractivity contribution in [1.29, 1.82) is 5.26 Å². The largest absolute Gasteiger partial charge is 0.377 e. The quantitative estimate of drug-likeness (QED) is 0.834. The summed E-state index contributed by atoms with van der Waals surface area (Å²) in [5.74, 6) is -0.0796. The van der Waals surface area contributed by atoms with Crippen molar-refractivity contribution in [1.82, 2.24) is 5.32 Å². The van der Waals surface area contributed by atoms with Crippen molar-refractivity contribution in [2.75, 3.05) is 31.2 Å². The highest BCUT2D eigenvalue weighted by atomic mass is 16.5. The highest BCUT2D eigenvalue weighted by Crippen LogP contribution is 2.25. The van der Waals surface area contributed by atoms with Gasteiger partial charge in [0, 0.05) is 19.6 Å². The van der Waals surface area contributed by atoms with Gasteiger partial charge in [-0.1, -0.05) is 6.07 Å². The Morgan fingerprint density at radius 2 is 2.43 bits per heavy atom. The van der Waals surface area contributed by atoms with Gasteiger partial charge >= 0.3 is 0 Å². The fourth-order valence-electron chi connectivity index (χ4n) is 2.45. The SMILES string of the molecule is CCNC(=O)C1COCCN1c1ccc(CN)cc1C#N. The number of likely N-dealkylation sites (N-methyl/N-ethyl adjacent to an activating group) is 1. The molecule has 1 fully saturated rings. The topological polar surface area (TPSA) is 91.4 Å². The normalized spacial score (nSPS) is 18.1. The number of carbonyl (C=O) groups excluding carboxylic acids is 1. The minimum Gasteiger partial charge on any atom is -0.377 e. The van der Waals surface area contributed by atoms with E-state index in [0.717, 1.165) is 11.3 Å². The number of anilines is 1. The number of hydrogen-bond donors (Lipinski definition) is 2. The average Bonchev–Trinajstić information content (AvgIpc) is 2.54. The molecule has 1 aliphatic heterocycles. The van der Waals surface area contributed by atoms with Gasteiger partial charge in [0.25, 0.3) is 0 Å². The predicted octanol–water partition coefficient (Wildman–Crippen LogP) is 0.358. The fourth-order valence-corrected chi connectivity index (χ4v) is 2.45. The lowest BCUT2D eigenvalue weighted by Crippen LogP contribution is -2.54. The van der Waals surface area contributed by atoms with Gasteiger partial charge in [-0.2, -0.15) is 5.26 Å². The number of nitriles is 1. The Bertz CT molecular complexity index is 553. The summed E-state index contributed by atoms with van der Waals surface area (Å²) in [7, 11) is 0. The first-order valence-electron chi connectivity index (χ1n) is 7.06. The predicted molar refractivity (Wildman–Crippen MR) is 79.7 cm³/mol. The van der Waals surface area contributed by atoms with Gasteiger partial charge in [0.2, 0.25) is 5.91 Å².